The molecule has 8 nitrogen and oxygen atoms in total. The van der Waals surface area contributed by atoms with Gasteiger partial charge in [0.25, 0.3) is 17.0 Å². The third-order valence-corrected chi connectivity index (χ3v) is 6.72. The first-order valence-electron chi connectivity index (χ1n) is 10.8. The molecule has 1 N–H and O–H groups in total. The van der Waals surface area contributed by atoms with Gasteiger partial charge in [-0.2, -0.15) is 0 Å². The summed E-state index contributed by atoms with van der Waals surface area (Å²) in [4.78, 5) is 49.1. The smallest absolute Gasteiger partial charge is 0.263 e. The lowest BCUT2D eigenvalue weighted by Crippen LogP contribution is -2.50. The Labute approximate surface area is 174 Å². The van der Waals surface area contributed by atoms with Gasteiger partial charge >= 0.3 is 0 Å². The van der Waals surface area contributed by atoms with Crippen LogP contribution in [0.5, 0.6) is 0 Å². The number of H-pyrrole nitrogens is 1. The quantitative estimate of drug-likeness (QED) is 0.820. The first-order valence-corrected chi connectivity index (χ1v) is 10.8. The fourth-order valence-electron chi connectivity index (χ4n) is 5.27. The predicted octanol–water partition coefficient (Wildman–Crippen LogP) is 1.10. The van der Waals surface area contributed by atoms with Crippen molar-refractivity contribution < 1.29 is 4.79 Å². The number of pyridine rings is 1. The molecular weight excluding hydrogens is 382 g/mol. The highest BCUT2D eigenvalue weighted by molar-refractivity contribution is 5.93. The number of carbonyl (C=O) groups excluding carboxylic acids is 1. The molecule has 3 aliphatic heterocycles. The first-order chi connectivity index (χ1) is 14.5. The van der Waals surface area contributed by atoms with E-state index in [0.29, 0.717) is 25.5 Å². The van der Waals surface area contributed by atoms with Crippen molar-refractivity contribution in [2.24, 2.45) is 5.92 Å². The average molecular weight is 409 g/mol. The van der Waals surface area contributed by atoms with Gasteiger partial charge in [-0.05, 0) is 51.3 Å². The van der Waals surface area contributed by atoms with E-state index < -0.39 is 5.56 Å². The van der Waals surface area contributed by atoms with Crippen LogP contribution in [0.2, 0.25) is 0 Å². The third-order valence-electron chi connectivity index (χ3n) is 6.72. The standard InChI is InChI=1S/C22H27N5O3/c1-14-23-9-18(20(28)24-14)22(30)26-10-15-8-17(13-26)19-5-4-16(21(29)27(19)11-15)12-25-6-2-3-7-25/h4-5,9,15,17H,2-3,6-8,10-13H2,1H3,(H,23,24,28)/t15-,17+/m0/s1. The molecule has 2 aromatic heterocycles. The second-order valence-corrected chi connectivity index (χ2v) is 8.90. The molecule has 2 saturated heterocycles. The average Bonchev–Trinajstić information content (AvgIpc) is 3.23. The van der Waals surface area contributed by atoms with Gasteiger partial charge < -0.3 is 14.5 Å². The zero-order valence-corrected chi connectivity index (χ0v) is 17.3. The van der Waals surface area contributed by atoms with E-state index in [9.17, 15) is 14.4 Å². The fraction of sp³-hybridized carbons (Fsp3) is 0.545. The summed E-state index contributed by atoms with van der Waals surface area (Å²) in [5, 5.41) is 0. The minimum Gasteiger partial charge on any atom is -0.337 e. The number of nitrogens with one attached hydrogen (secondary N) is 1. The van der Waals surface area contributed by atoms with Gasteiger partial charge in [0.15, 0.2) is 0 Å². The number of hydrogen-bond donors (Lipinski definition) is 1. The minimum atomic E-state index is -0.397. The summed E-state index contributed by atoms with van der Waals surface area (Å²) >= 11 is 0. The Hall–Kier alpha value is -2.74. The third kappa shape index (κ3) is 3.39. The van der Waals surface area contributed by atoms with Crippen molar-refractivity contribution in [2.75, 3.05) is 26.2 Å². The van der Waals surface area contributed by atoms with Gasteiger partial charge in [0, 0.05) is 49.6 Å². The summed E-state index contributed by atoms with van der Waals surface area (Å²) in [6, 6.07) is 4.05. The number of aryl methyl sites for hydroxylation is 1. The molecule has 0 radical (unpaired) electrons. The van der Waals surface area contributed by atoms with Crippen molar-refractivity contribution in [3.05, 3.63) is 61.7 Å². The SMILES string of the molecule is Cc1ncc(C(=O)N2C[C@@H]3C[C@H](C2)c2ccc(CN4CCCC4)c(=O)n2C3)c(=O)[nH]1. The van der Waals surface area contributed by atoms with E-state index in [1.54, 1.807) is 11.8 Å². The largest absolute Gasteiger partial charge is 0.337 e. The Kier molecular flexibility index (Phi) is 4.81. The molecule has 5 heterocycles. The molecule has 158 valence electrons. The molecule has 0 spiro atoms. The molecule has 2 bridgehead atoms. The molecule has 2 atom stereocenters. The van der Waals surface area contributed by atoms with Gasteiger partial charge in [-0.15, -0.1) is 0 Å². The summed E-state index contributed by atoms with van der Waals surface area (Å²) in [5.41, 5.74) is 1.68. The number of fused-ring (bicyclic) bond motifs is 4. The Morgan fingerprint density at radius 3 is 2.73 bits per heavy atom. The molecule has 2 fully saturated rings. The van der Waals surface area contributed by atoms with Gasteiger partial charge in [-0.1, -0.05) is 6.07 Å². The predicted molar refractivity (Wildman–Crippen MR) is 112 cm³/mol. The van der Waals surface area contributed by atoms with Gasteiger partial charge in [-0.3, -0.25) is 19.3 Å². The van der Waals surface area contributed by atoms with Crippen LogP contribution < -0.4 is 11.1 Å². The number of likely N-dealkylation sites (tertiary alicyclic amines) is 2. The summed E-state index contributed by atoms with van der Waals surface area (Å²) < 4.78 is 1.94. The summed E-state index contributed by atoms with van der Waals surface area (Å²) in [5.74, 6) is 0.551. The maximum absolute atomic E-state index is 13.1. The molecule has 0 saturated carbocycles. The lowest BCUT2D eigenvalue weighted by molar-refractivity contribution is 0.0592. The van der Waals surface area contributed by atoms with Gasteiger partial charge in [0.1, 0.15) is 11.4 Å². The van der Waals surface area contributed by atoms with Crippen LogP contribution in [0.25, 0.3) is 0 Å². The molecule has 0 aromatic carbocycles. The van der Waals surface area contributed by atoms with Crippen LogP contribution in [0, 0.1) is 12.8 Å². The van der Waals surface area contributed by atoms with Crippen molar-refractivity contribution in [3.8, 4) is 0 Å². The number of piperidine rings is 1. The van der Waals surface area contributed by atoms with Crippen molar-refractivity contribution in [2.45, 2.75) is 45.2 Å². The van der Waals surface area contributed by atoms with E-state index in [0.717, 1.165) is 37.3 Å². The Balaban J connectivity index is 1.39. The normalized spacial score (nSPS) is 23.4. The van der Waals surface area contributed by atoms with Crippen LogP contribution in [-0.4, -0.2) is 56.4 Å². The van der Waals surface area contributed by atoms with E-state index in [-0.39, 0.29) is 28.9 Å². The van der Waals surface area contributed by atoms with Crippen LogP contribution in [-0.2, 0) is 13.1 Å². The van der Waals surface area contributed by atoms with E-state index >= 15 is 0 Å². The number of aromatic amines is 1. The molecule has 0 unspecified atom stereocenters. The molecule has 2 aromatic rings. The number of nitrogens with zero attached hydrogens (tertiary/aromatic N) is 4. The summed E-state index contributed by atoms with van der Waals surface area (Å²) in [6.07, 6.45) is 4.75. The Bertz CT molecular complexity index is 1100. The van der Waals surface area contributed by atoms with Crippen LogP contribution in [0.3, 0.4) is 0 Å². The van der Waals surface area contributed by atoms with Crippen molar-refractivity contribution >= 4 is 5.91 Å². The highest BCUT2D eigenvalue weighted by atomic mass is 16.2. The highest BCUT2D eigenvalue weighted by Gasteiger charge is 2.37. The van der Waals surface area contributed by atoms with E-state index in [1.807, 2.05) is 10.6 Å². The highest BCUT2D eigenvalue weighted by Crippen LogP contribution is 2.35. The fourth-order valence-corrected chi connectivity index (χ4v) is 5.27. The monoisotopic (exact) mass is 409 g/mol. The molecule has 30 heavy (non-hydrogen) atoms. The number of hydrogen-bond acceptors (Lipinski definition) is 5. The lowest BCUT2D eigenvalue weighted by Gasteiger charge is -2.42. The van der Waals surface area contributed by atoms with Crippen LogP contribution >= 0.6 is 0 Å². The zero-order chi connectivity index (χ0) is 20.8. The second-order valence-electron chi connectivity index (χ2n) is 8.90. The molecule has 1 amide bonds. The Morgan fingerprint density at radius 1 is 1.17 bits per heavy atom. The number of aromatic nitrogens is 3. The van der Waals surface area contributed by atoms with Crippen molar-refractivity contribution in [1.82, 2.24) is 24.3 Å². The number of carbonyl (C=O) groups is 1. The Morgan fingerprint density at radius 2 is 1.97 bits per heavy atom. The molecule has 0 aliphatic carbocycles. The summed E-state index contributed by atoms with van der Waals surface area (Å²) in [6.45, 7) is 6.26. The molecule has 3 aliphatic rings. The van der Waals surface area contributed by atoms with Gasteiger partial charge in [-0.25, -0.2) is 4.98 Å². The van der Waals surface area contributed by atoms with E-state index in [4.69, 9.17) is 0 Å². The maximum Gasteiger partial charge on any atom is 0.263 e. The zero-order valence-electron chi connectivity index (χ0n) is 17.3. The van der Waals surface area contributed by atoms with Crippen molar-refractivity contribution in [3.63, 3.8) is 0 Å². The topological polar surface area (TPSA) is 91.3 Å². The first kappa shape index (κ1) is 19.2. The van der Waals surface area contributed by atoms with Crippen LogP contribution in [0.4, 0.5) is 0 Å². The molecule has 5 rings (SSSR count). The van der Waals surface area contributed by atoms with Crippen molar-refractivity contribution in [1.29, 1.82) is 0 Å². The van der Waals surface area contributed by atoms with Crippen LogP contribution in [0.1, 0.15) is 52.6 Å². The van der Waals surface area contributed by atoms with E-state index in [1.165, 1.54) is 19.0 Å². The molecular formula is C22H27N5O3. The molecule has 8 heteroatoms. The minimum absolute atomic E-state index is 0.0823. The number of rotatable bonds is 3. The van der Waals surface area contributed by atoms with Gasteiger partial charge in [0.2, 0.25) is 0 Å². The van der Waals surface area contributed by atoms with Gasteiger partial charge in [0.05, 0.1) is 0 Å². The lowest BCUT2D eigenvalue weighted by atomic mass is 9.82. The van der Waals surface area contributed by atoms with E-state index in [2.05, 4.69) is 20.9 Å². The maximum atomic E-state index is 13.1. The van der Waals surface area contributed by atoms with Crippen LogP contribution in [0.15, 0.2) is 27.9 Å². The number of amides is 1. The summed E-state index contributed by atoms with van der Waals surface area (Å²) in [7, 11) is 0. The second kappa shape index (κ2) is 7.50.